The molecule has 0 fully saturated rings. The van der Waals surface area contributed by atoms with E-state index < -0.39 is 6.64 Å². The van der Waals surface area contributed by atoms with Crippen molar-refractivity contribution in [2.75, 3.05) is 13.3 Å². The summed E-state index contributed by atoms with van der Waals surface area (Å²) in [6.45, 7) is -0.332. The van der Waals surface area contributed by atoms with Gasteiger partial charge in [-0.15, -0.1) is 0 Å². The topological polar surface area (TPSA) is 28.1 Å². The third-order valence-electron chi connectivity index (χ3n) is 3.03. The quantitative estimate of drug-likeness (QED) is 0.677. The minimum atomic E-state index is -0.811. The van der Waals surface area contributed by atoms with E-state index in [2.05, 4.69) is 4.99 Å². The predicted molar refractivity (Wildman–Crippen MR) is 65.0 cm³/mol. The van der Waals surface area contributed by atoms with E-state index in [1.165, 1.54) is 0 Å². The zero-order valence-corrected chi connectivity index (χ0v) is 9.00. The molecule has 1 atom stereocenters. The zero-order chi connectivity index (χ0) is 13.0. The van der Waals surface area contributed by atoms with Gasteiger partial charge in [0, 0.05) is 17.3 Å². The Hall–Kier alpha value is -2.23. The molecule has 0 saturated heterocycles. The average Bonchev–Trinajstić information content (AvgIpc) is 2.73. The van der Waals surface area contributed by atoms with Crippen molar-refractivity contribution in [3.8, 4) is 5.75 Å². The molecule has 3 aliphatic heterocycles. The SMILES string of the molecule is [2H]C1=NC([2H])N2C3=C(C=CN12)COc1ccccc13. The largest absolute Gasteiger partial charge is 0.488 e. The minimum absolute atomic E-state index is 0.0896. The van der Waals surface area contributed by atoms with Crippen LogP contribution < -0.4 is 4.74 Å². The van der Waals surface area contributed by atoms with Crippen LogP contribution in [0.25, 0.3) is 5.70 Å². The van der Waals surface area contributed by atoms with E-state index in [0.29, 0.717) is 6.61 Å². The number of nitrogens with zero attached hydrogens (tertiary/aromatic N) is 3. The Balaban J connectivity index is 1.90. The van der Waals surface area contributed by atoms with Gasteiger partial charge in [0.15, 0.2) is 0 Å². The van der Waals surface area contributed by atoms with Crippen molar-refractivity contribution >= 4 is 12.0 Å². The van der Waals surface area contributed by atoms with Gasteiger partial charge in [-0.3, -0.25) is 10.0 Å². The molecule has 0 bridgehead atoms. The summed E-state index contributed by atoms with van der Waals surface area (Å²) < 4.78 is 21.5. The number of hydrazine groups is 1. The van der Waals surface area contributed by atoms with Gasteiger partial charge in [0.2, 0.25) is 0 Å². The van der Waals surface area contributed by atoms with Crippen LogP contribution in [0.5, 0.6) is 5.75 Å². The monoisotopic (exact) mass is 227 g/mol. The summed E-state index contributed by atoms with van der Waals surface area (Å²) >= 11 is 0. The Labute approximate surface area is 102 Å². The van der Waals surface area contributed by atoms with E-state index in [0.717, 1.165) is 22.6 Å². The Bertz CT molecular complexity index is 653. The molecule has 3 aliphatic rings. The molecule has 4 rings (SSSR count). The van der Waals surface area contributed by atoms with Crippen molar-refractivity contribution in [1.82, 2.24) is 10.0 Å². The molecule has 0 spiro atoms. The second-order valence-electron chi connectivity index (χ2n) is 4.01. The molecule has 1 aromatic rings. The first-order chi connectivity index (χ1) is 9.25. The number of para-hydroxylation sites is 1. The van der Waals surface area contributed by atoms with E-state index in [9.17, 15) is 0 Å². The highest BCUT2D eigenvalue weighted by molar-refractivity contribution is 5.78. The number of fused-ring (bicyclic) bond motifs is 4. The van der Waals surface area contributed by atoms with Gasteiger partial charge in [-0.1, -0.05) is 12.1 Å². The van der Waals surface area contributed by atoms with Crippen LogP contribution in [0.2, 0.25) is 0 Å². The van der Waals surface area contributed by atoms with E-state index in [1.807, 2.05) is 30.3 Å². The third-order valence-corrected chi connectivity index (χ3v) is 3.03. The van der Waals surface area contributed by atoms with Crippen molar-refractivity contribution in [2.45, 2.75) is 0 Å². The lowest BCUT2D eigenvalue weighted by Crippen LogP contribution is -2.36. The highest BCUT2D eigenvalue weighted by Gasteiger charge is 2.30. The third kappa shape index (κ3) is 1.15. The molecule has 84 valence electrons. The molecule has 0 aliphatic carbocycles. The molecule has 0 amide bonds. The van der Waals surface area contributed by atoms with Gasteiger partial charge in [0.1, 0.15) is 26.7 Å². The molecule has 4 heteroatoms. The second-order valence-corrected chi connectivity index (χ2v) is 4.01. The standard InChI is InChI=1S/C13H11N3O/c1-2-4-12-11(3-1)13-10(7-17-12)5-6-15-8-14-9-16(13)15/h1-6,8H,7,9H2/i8D,9D. The lowest BCUT2D eigenvalue weighted by Gasteiger charge is -2.36. The number of hydrogen-bond acceptors (Lipinski definition) is 4. The summed E-state index contributed by atoms with van der Waals surface area (Å²) in [5.41, 5.74) is 2.87. The maximum Gasteiger partial charge on any atom is 0.132 e. The summed E-state index contributed by atoms with van der Waals surface area (Å²) in [6.07, 6.45) is 3.77. The van der Waals surface area contributed by atoms with Crippen LogP contribution in [0, 0.1) is 0 Å². The van der Waals surface area contributed by atoms with Gasteiger partial charge in [-0.25, -0.2) is 5.01 Å². The molecule has 0 N–H and O–H groups in total. The van der Waals surface area contributed by atoms with E-state index in [-0.39, 0.29) is 6.31 Å². The lowest BCUT2D eigenvalue weighted by molar-refractivity contribution is 0.201. The fourth-order valence-corrected chi connectivity index (χ4v) is 2.26. The van der Waals surface area contributed by atoms with Gasteiger partial charge in [-0.05, 0) is 18.2 Å². The molecular weight excluding hydrogens is 214 g/mol. The molecule has 0 radical (unpaired) electrons. The number of hydrogen-bond donors (Lipinski definition) is 0. The van der Waals surface area contributed by atoms with E-state index >= 15 is 0 Å². The summed E-state index contributed by atoms with van der Waals surface area (Å²) in [5.74, 6) is 0.808. The number of ether oxygens (including phenoxy) is 1. The van der Waals surface area contributed by atoms with Crippen LogP contribution in [-0.4, -0.2) is 29.6 Å². The van der Waals surface area contributed by atoms with Crippen LogP contribution in [0.3, 0.4) is 0 Å². The zero-order valence-electron chi connectivity index (χ0n) is 11.0. The maximum absolute atomic E-state index is 8.02. The van der Waals surface area contributed by atoms with Crippen LogP contribution in [0.1, 0.15) is 8.30 Å². The molecule has 0 aromatic heterocycles. The summed E-state index contributed by atoms with van der Waals surface area (Å²) in [6, 6.07) is 7.75. The van der Waals surface area contributed by atoms with Crippen LogP contribution in [0.4, 0.5) is 0 Å². The minimum Gasteiger partial charge on any atom is -0.488 e. The van der Waals surface area contributed by atoms with Crippen molar-refractivity contribution < 1.29 is 7.48 Å². The summed E-state index contributed by atoms with van der Waals surface area (Å²) in [4.78, 5) is 3.97. The molecule has 4 nitrogen and oxygen atoms in total. The molecule has 0 saturated carbocycles. The second kappa shape index (κ2) is 3.13. The number of aliphatic imine (C=N–C) groups is 1. The average molecular weight is 227 g/mol. The van der Waals surface area contributed by atoms with Crippen molar-refractivity contribution in [3.05, 3.63) is 47.7 Å². The first-order valence-corrected chi connectivity index (χ1v) is 5.44. The van der Waals surface area contributed by atoms with Gasteiger partial charge in [0.25, 0.3) is 0 Å². The van der Waals surface area contributed by atoms with Crippen molar-refractivity contribution in [3.63, 3.8) is 0 Å². The number of benzene rings is 1. The summed E-state index contributed by atoms with van der Waals surface area (Å²) in [5, 5.41) is 3.32. The van der Waals surface area contributed by atoms with Gasteiger partial charge >= 0.3 is 0 Å². The first-order valence-electron chi connectivity index (χ1n) is 6.52. The van der Waals surface area contributed by atoms with E-state index in [1.54, 1.807) is 16.2 Å². The Kier molecular flexibility index (Phi) is 1.32. The molecule has 3 heterocycles. The highest BCUT2D eigenvalue weighted by Crippen LogP contribution is 2.38. The fourth-order valence-electron chi connectivity index (χ4n) is 2.26. The maximum atomic E-state index is 8.02. The Morgan fingerprint density at radius 3 is 3.35 bits per heavy atom. The van der Waals surface area contributed by atoms with Gasteiger partial charge in [0.05, 0.1) is 7.07 Å². The summed E-state index contributed by atoms with van der Waals surface area (Å²) in [7, 11) is 0. The van der Waals surface area contributed by atoms with Gasteiger partial charge in [-0.2, -0.15) is 0 Å². The first kappa shape index (κ1) is 7.17. The number of amidine groups is 1. The van der Waals surface area contributed by atoms with E-state index in [4.69, 9.17) is 7.48 Å². The Morgan fingerprint density at radius 1 is 1.41 bits per heavy atom. The normalized spacial score (nSPS) is 26.6. The predicted octanol–water partition coefficient (Wildman–Crippen LogP) is 1.84. The molecule has 17 heavy (non-hydrogen) atoms. The van der Waals surface area contributed by atoms with Crippen molar-refractivity contribution in [2.24, 2.45) is 4.99 Å². The van der Waals surface area contributed by atoms with Gasteiger partial charge < -0.3 is 4.74 Å². The van der Waals surface area contributed by atoms with Crippen LogP contribution in [-0.2, 0) is 0 Å². The van der Waals surface area contributed by atoms with Crippen molar-refractivity contribution in [1.29, 1.82) is 0 Å². The van der Waals surface area contributed by atoms with Crippen LogP contribution >= 0.6 is 0 Å². The molecular formula is C13H11N3O. The lowest BCUT2D eigenvalue weighted by atomic mass is 10.0. The smallest absolute Gasteiger partial charge is 0.132 e. The molecule has 1 unspecified atom stereocenters. The Morgan fingerprint density at radius 2 is 2.35 bits per heavy atom. The van der Waals surface area contributed by atoms with Crippen LogP contribution in [0.15, 0.2) is 47.1 Å². The number of rotatable bonds is 0. The molecule has 1 aromatic carbocycles. The highest BCUT2D eigenvalue weighted by atomic mass is 16.5. The fraction of sp³-hybridized carbons (Fsp3) is 0.154.